The second kappa shape index (κ2) is 7.87. The minimum absolute atomic E-state index is 0.265. The van der Waals surface area contributed by atoms with Crippen LogP contribution in [-0.2, 0) is 0 Å². The quantitative estimate of drug-likeness (QED) is 0.501. The van der Waals surface area contributed by atoms with E-state index in [1.807, 2.05) is 0 Å². The molecule has 0 aromatic heterocycles. The molecule has 4 aliphatic carbocycles. The molecular formula is C29H45NO. The summed E-state index contributed by atoms with van der Waals surface area (Å²) in [7, 11) is 0. The molecule has 0 spiro atoms. The third-order valence-corrected chi connectivity index (χ3v) is 10.7. The Morgan fingerprint density at radius 3 is 2.74 bits per heavy atom. The van der Waals surface area contributed by atoms with Crippen molar-refractivity contribution >= 4 is 0 Å². The lowest BCUT2D eigenvalue weighted by atomic mass is 9.60. The van der Waals surface area contributed by atoms with E-state index in [2.05, 4.69) is 45.7 Å². The van der Waals surface area contributed by atoms with Gasteiger partial charge in [0, 0.05) is 18.2 Å². The Morgan fingerprint density at radius 1 is 1.19 bits per heavy atom. The van der Waals surface area contributed by atoms with E-state index in [1.165, 1.54) is 63.4 Å². The molecule has 172 valence electrons. The zero-order valence-corrected chi connectivity index (χ0v) is 20.5. The van der Waals surface area contributed by atoms with Gasteiger partial charge in [0.15, 0.2) is 0 Å². The number of allylic oxidation sites excluding steroid dienone is 4. The van der Waals surface area contributed by atoms with Crippen LogP contribution < -0.4 is 5.32 Å². The fourth-order valence-corrected chi connectivity index (χ4v) is 9.10. The van der Waals surface area contributed by atoms with Gasteiger partial charge in [-0.3, -0.25) is 0 Å². The molecule has 4 fully saturated rings. The van der Waals surface area contributed by atoms with Gasteiger partial charge >= 0.3 is 0 Å². The number of aliphatic hydroxyl groups excluding tert-OH is 1. The maximum atomic E-state index is 9.66. The van der Waals surface area contributed by atoms with Gasteiger partial charge in [-0.2, -0.15) is 0 Å². The normalized spacial score (nSPS) is 46.9. The summed E-state index contributed by atoms with van der Waals surface area (Å²) in [5.41, 5.74) is 6.93. The smallest absolute Gasteiger partial charge is 0.0433 e. The van der Waals surface area contributed by atoms with Gasteiger partial charge in [-0.05, 0) is 120 Å². The maximum absolute atomic E-state index is 9.66. The second-order valence-electron chi connectivity index (χ2n) is 12.5. The molecule has 2 N–H and O–H groups in total. The highest BCUT2D eigenvalue weighted by molar-refractivity contribution is 5.41. The summed E-state index contributed by atoms with van der Waals surface area (Å²) >= 11 is 0. The fourth-order valence-electron chi connectivity index (χ4n) is 9.10. The van der Waals surface area contributed by atoms with E-state index in [4.69, 9.17) is 0 Å². The number of aliphatic hydroxyl groups is 1. The number of piperidine rings is 1. The van der Waals surface area contributed by atoms with Crippen LogP contribution >= 0.6 is 0 Å². The Morgan fingerprint density at radius 2 is 2.00 bits per heavy atom. The highest BCUT2D eigenvalue weighted by atomic mass is 16.3. The number of hydrogen-bond donors (Lipinski definition) is 2. The lowest BCUT2D eigenvalue weighted by Crippen LogP contribution is -2.60. The van der Waals surface area contributed by atoms with Gasteiger partial charge in [0.25, 0.3) is 0 Å². The first-order valence-electron chi connectivity index (χ1n) is 13.2. The van der Waals surface area contributed by atoms with Crippen LogP contribution in [0.5, 0.6) is 0 Å². The summed E-state index contributed by atoms with van der Waals surface area (Å²) in [6, 6.07) is 0.544. The average molecular weight is 424 g/mol. The van der Waals surface area contributed by atoms with Gasteiger partial charge in [0.1, 0.15) is 0 Å². The van der Waals surface area contributed by atoms with Crippen LogP contribution in [0.3, 0.4) is 0 Å². The van der Waals surface area contributed by atoms with Gasteiger partial charge < -0.3 is 10.4 Å². The van der Waals surface area contributed by atoms with Crippen molar-refractivity contribution in [1.29, 1.82) is 0 Å². The molecule has 0 amide bonds. The van der Waals surface area contributed by atoms with E-state index in [-0.39, 0.29) is 5.54 Å². The Labute approximate surface area is 190 Å². The van der Waals surface area contributed by atoms with Gasteiger partial charge in [-0.15, -0.1) is 0 Å². The number of rotatable bonds is 4. The molecule has 5 aliphatic rings. The van der Waals surface area contributed by atoms with Crippen molar-refractivity contribution in [2.24, 2.45) is 35.0 Å². The predicted molar refractivity (Wildman–Crippen MR) is 130 cm³/mol. The summed E-state index contributed by atoms with van der Waals surface area (Å²) in [5.74, 6) is 3.89. The molecule has 5 rings (SSSR count). The van der Waals surface area contributed by atoms with E-state index in [0.29, 0.717) is 24.0 Å². The summed E-state index contributed by atoms with van der Waals surface area (Å²) in [5, 5.41) is 14.0. The monoisotopic (exact) mass is 423 g/mol. The summed E-state index contributed by atoms with van der Waals surface area (Å²) in [6.07, 6.45) is 15.5. The van der Waals surface area contributed by atoms with Crippen LogP contribution in [-0.4, -0.2) is 23.3 Å². The molecule has 1 aliphatic heterocycles. The largest absolute Gasteiger partial charge is 0.396 e. The maximum Gasteiger partial charge on any atom is 0.0433 e. The molecule has 8 atom stereocenters. The van der Waals surface area contributed by atoms with Crippen molar-refractivity contribution in [3.8, 4) is 0 Å². The van der Waals surface area contributed by atoms with E-state index in [0.717, 1.165) is 30.1 Å². The zero-order chi connectivity index (χ0) is 22.0. The molecule has 2 nitrogen and oxygen atoms in total. The van der Waals surface area contributed by atoms with Crippen molar-refractivity contribution < 1.29 is 5.11 Å². The minimum Gasteiger partial charge on any atom is -0.396 e. The standard InChI is InChI=1S/C29H45NO/c1-18(2)21-10-12-28(4)17-23(14-19(3)25(28)16-21)26-9-8-24-15-22-7-6-20(11-13-31)27(22)29(24,5)30-26/h14,20-22,24,26-27,30-31H,1,6-13,15-17H2,2-5H3/t20-,21+,22-,24-,26-,27-,28-,29-/m0/s1. The molecule has 1 heterocycles. The number of fused-ring (bicyclic) bond motifs is 4. The van der Waals surface area contributed by atoms with Gasteiger partial charge in [0.2, 0.25) is 0 Å². The third kappa shape index (κ3) is 3.52. The van der Waals surface area contributed by atoms with Crippen LogP contribution in [0.25, 0.3) is 0 Å². The molecule has 3 saturated carbocycles. The Hall–Kier alpha value is -0.860. The fraction of sp³-hybridized carbons (Fsp3) is 0.793. The molecule has 0 unspecified atom stereocenters. The van der Waals surface area contributed by atoms with E-state index < -0.39 is 0 Å². The lowest BCUT2D eigenvalue weighted by molar-refractivity contribution is 0.0950. The first-order valence-corrected chi connectivity index (χ1v) is 13.2. The van der Waals surface area contributed by atoms with E-state index in [1.54, 1.807) is 16.7 Å². The molecule has 0 radical (unpaired) electrons. The topological polar surface area (TPSA) is 32.3 Å². The number of nitrogens with one attached hydrogen (secondary N) is 1. The van der Waals surface area contributed by atoms with Crippen LogP contribution in [0.2, 0.25) is 0 Å². The number of hydrogen-bond acceptors (Lipinski definition) is 2. The van der Waals surface area contributed by atoms with Crippen LogP contribution in [0, 0.1) is 35.0 Å². The summed E-state index contributed by atoms with van der Waals surface area (Å²) in [4.78, 5) is 0. The average Bonchev–Trinajstić information content (AvgIpc) is 3.24. The third-order valence-electron chi connectivity index (χ3n) is 10.7. The first-order chi connectivity index (χ1) is 14.7. The van der Waals surface area contributed by atoms with Crippen LogP contribution in [0.15, 0.2) is 34.9 Å². The SMILES string of the molecule is C=C(C)[C@@H]1CC[C@@]2(C)CC([C@@H]3CC[C@H]4C[C@@H]5CC[C@@H](CCO)[C@@H]5[C@@]4(C)N3)=CC(C)=C2C1. The molecule has 0 aromatic carbocycles. The molecule has 2 heteroatoms. The summed E-state index contributed by atoms with van der Waals surface area (Å²) < 4.78 is 0. The van der Waals surface area contributed by atoms with Crippen LogP contribution in [0.1, 0.15) is 91.9 Å². The van der Waals surface area contributed by atoms with Crippen molar-refractivity contribution in [2.75, 3.05) is 6.61 Å². The Bertz CT molecular complexity index is 806. The summed E-state index contributed by atoms with van der Waals surface area (Å²) in [6.45, 7) is 14.3. The molecule has 0 bridgehead atoms. The molecule has 0 aromatic rings. The van der Waals surface area contributed by atoms with Crippen molar-refractivity contribution in [1.82, 2.24) is 5.32 Å². The Kier molecular flexibility index (Phi) is 5.58. The van der Waals surface area contributed by atoms with Gasteiger partial charge in [-0.25, -0.2) is 0 Å². The van der Waals surface area contributed by atoms with Gasteiger partial charge in [-0.1, -0.05) is 41.9 Å². The highest BCUT2D eigenvalue weighted by Gasteiger charge is 2.58. The van der Waals surface area contributed by atoms with E-state index >= 15 is 0 Å². The molecular weight excluding hydrogens is 378 g/mol. The van der Waals surface area contributed by atoms with Gasteiger partial charge in [0.05, 0.1) is 0 Å². The second-order valence-corrected chi connectivity index (χ2v) is 12.5. The Balaban J connectivity index is 1.39. The van der Waals surface area contributed by atoms with Crippen molar-refractivity contribution in [2.45, 2.75) is 103 Å². The molecule has 1 saturated heterocycles. The highest BCUT2D eigenvalue weighted by Crippen LogP contribution is 2.60. The molecule has 31 heavy (non-hydrogen) atoms. The lowest BCUT2D eigenvalue weighted by Gasteiger charge is -2.50. The minimum atomic E-state index is 0.265. The van der Waals surface area contributed by atoms with Crippen molar-refractivity contribution in [3.05, 3.63) is 34.9 Å². The van der Waals surface area contributed by atoms with Crippen molar-refractivity contribution in [3.63, 3.8) is 0 Å². The first kappa shape index (κ1) is 22.0. The van der Waals surface area contributed by atoms with E-state index in [9.17, 15) is 5.11 Å². The van der Waals surface area contributed by atoms with Crippen LogP contribution in [0.4, 0.5) is 0 Å². The predicted octanol–water partition coefficient (Wildman–Crippen LogP) is 6.57. The zero-order valence-electron chi connectivity index (χ0n) is 20.5.